The van der Waals surface area contributed by atoms with Crippen LogP contribution in [0, 0.1) is 5.92 Å². The van der Waals surface area contributed by atoms with Crippen LogP contribution >= 0.6 is 12.4 Å². The van der Waals surface area contributed by atoms with E-state index in [2.05, 4.69) is 12.2 Å². The SMILES string of the molecule is CCCCN(C)C(=O)CC1CC2CCC(C1)N2.Cl. The second-order valence-electron chi connectivity index (χ2n) is 5.85. The predicted octanol–water partition coefficient (Wildman–Crippen LogP) is 2.59. The molecule has 0 aliphatic carbocycles. The largest absolute Gasteiger partial charge is 0.346 e. The maximum atomic E-state index is 12.1. The van der Waals surface area contributed by atoms with Crippen molar-refractivity contribution in [3.8, 4) is 0 Å². The molecule has 1 amide bonds. The predicted molar refractivity (Wildman–Crippen MR) is 77.1 cm³/mol. The van der Waals surface area contributed by atoms with Crippen LogP contribution in [0.3, 0.4) is 0 Å². The fourth-order valence-corrected chi connectivity index (χ4v) is 3.26. The van der Waals surface area contributed by atoms with Gasteiger partial charge in [-0.15, -0.1) is 12.4 Å². The quantitative estimate of drug-likeness (QED) is 0.836. The number of nitrogens with one attached hydrogen (secondary N) is 1. The van der Waals surface area contributed by atoms with Crippen molar-refractivity contribution in [2.45, 2.75) is 64.0 Å². The number of hydrogen-bond acceptors (Lipinski definition) is 2. The molecule has 2 fully saturated rings. The number of carbonyl (C=O) groups is 1. The molecule has 0 radical (unpaired) electrons. The zero-order valence-corrected chi connectivity index (χ0v) is 12.5. The monoisotopic (exact) mass is 274 g/mol. The van der Waals surface area contributed by atoms with E-state index in [0.29, 0.717) is 23.9 Å². The molecule has 2 aliphatic rings. The maximum absolute atomic E-state index is 12.1. The third-order valence-electron chi connectivity index (χ3n) is 4.31. The first-order valence-corrected chi connectivity index (χ1v) is 7.19. The Morgan fingerprint density at radius 3 is 2.44 bits per heavy atom. The molecule has 0 saturated carbocycles. The van der Waals surface area contributed by atoms with E-state index >= 15 is 0 Å². The van der Waals surface area contributed by atoms with Gasteiger partial charge in [-0.05, 0) is 38.0 Å². The van der Waals surface area contributed by atoms with Crippen LogP contribution in [0.1, 0.15) is 51.9 Å². The topological polar surface area (TPSA) is 32.3 Å². The molecule has 4 heteroatoms. The summed E-state index contributed by atoms with van der Waals surface area (Å²) < 4.78 is 0. The van der Waals surface area contributed by atoms with Crippen LogP contribution in [0.4, 0.5) is 0 Å². The van der Waals surface area contributed by atoms with Crippen LogP contribution in [-0.2, 0) is 4.79 Å². The fraction of sp³-hybridized carbons (Fsp3) is 0.929. The van der Waals surface area contributed by atoms with Gasteiger partial charge < -0.3 is 10.2 Å². The highest BCUT2D eigenvalue weighted by atomic mass is 35.5. The second kappa shape index (κ2) is 7.34. The van der Waals surface area contributed by atoms with Crippen molar-refractivity contribution in [2.24, 2.45) is 5.92 Å². The standard InChI is InChI=1S/C14H26N2O.ClH/c1-3-4-7-16(2)14(17)10-11-8-12-5-6-13(9-11)15-12;/h11-13,15H,3-10H2,1-2H3;1H. The molecule has 0 aromatic carbocycles. The lowest BCUT2D eigenvalue weighted by atomic mass is 9.89. The molecule has 0 aromatic heterocycles. The van der Waals surface area contributed by atoms with Gasteiger partial charge in [0, 0.05) is 32.1 Å². The van der Waals surface area contributed by atoms with Crippen molar-refractivity contribution >= 4 is 18.3 Å². The van der Waals surface area contributed by atoms with Crippen molar-refractivity contribution < 1.29 is 4.79 Å². The van der Waals surface area contributed by atoms with Crippen molar-refractivity contribution in [2.75, 3.05) is 13.6 Å². The van der Waals surface area contributed by atoms with Gasteiger partial charge in [-0.3, -0.25) is 4.79 Å². The van der Waals surface area contributed by atoms with Gasteiger partial charge in [0.25, 0.3) is 0 Å². The van der Waals surface area contributed by atoms with Gasteiger partial charge in [0.05, 0.1) is 0 Å². The van der Waals surface area contributed by atoms with Crippen LogP contribution in [0.5, 0.6) is 0 Å². The fourth-order valence-electron chi connectivity index (χ4n) is 3.26. The maximum Gasteiger partial charge on any atom is 0.222 e. The Morgan fingerprint density at radius 2 is 1.89 bits per heavy atom. The number of carbonyl (C=O) groups excluding carboxylic acids is 1. The minimum absolute atomic E-state index is 0. The van der Waals surface area contributed by atoms with E-state index in [1.54, 1.807) is 0 Å². The van der Waals surface area contributed by atoms with Gasteiger partial charge in [-0.25, -0.2) is 0 Å². The summed E-state index contributed by atoms with van der Waals surface area (Å²) in [5.74, 6) is 0.982. The van der Waals surface area contributed by atoms with E-state index in [4.69, 9.17) is 0 Å². The molecule has 2 saturated heterocycles. The zero-order chi connectivity index (χ0) is 12.3. The number of hydrogen-bond donors (Lipinski definition) is 1. The Labute approximate surface area is 117 Å². The van der Waals surface area contributed by atoms with E-state index in [1.165, 1.54) is 25.7 Å². The van der Waals surface area contributed by atoms with Gasteiger partial charge in [0.2, 0.25) is 5.91 Å². The van der Waals surface area contributed by atoms with Gasteiger partial charge in [-0.1, -0.05) is 13.3 Å². The molecule has 2 aliphatic heterocycles. The van der Waals surface area contributed by atoms with Crippen molar-refractivity contribution in [3.63, 3.8) is 0 Å². The highest BCUT2D eigenvalue weighted by molar-refractivity contribution is 5.85. The first-order chi connectivity index (χ1) is 8.19. The molecule has 18 heavy (non-hydrogen) atoms. The number of amides is 1. The molecule has 1 N–H and O–H groups in total. The first kappa shape index (κ1) is 15.8. The number of fused-ring (bicyclic) bond motifs is 2. The Kier molecular flexibility index (Phi) is 6.44. The van der Waals surface area contributed by atoms with E-state index in [9.17, 15) is 4.79 Å². The molecule has 0 spiro atoms. The lowest BCUT2D eigenvalue weighted by molar-refractivity contribution is -0.131. The van der Waals surface area contributed by atoms with E-state index in [-0.39, 0.29) is 12.4 Å². The highest BCUT2D eigenvalue weighted by Gasteiger charge is 2.34. The average molecular weight is 275 g/mol. The number of unbranched alkanes of at least 4 members (excludes halogenated alkanes) is 1. The van der Waals surface area contributed by atoms with E-state index < -0.39 is 0 Å². The summed E-state index contributed by atoms with van der Waals surface area (Å²) in [6.07, 6.45) is 8.12. The highest BCUT2D eigenvalue weighted by Crippen LogP contribution is 2.32. The van der Waals surface area contributed by atoms with Gasteiger partial charge in [-0.2, -0.15) is 0 Å². The molecule has 2 atom stereocenters. The number of rotatable bonds is 5. The number of nitrogens with zero attached hydrogens (tertiary/aromatic N) is 1. The average Bonchev–Trinajstić information content (AvgIpc) is 2.65. The molecular formula is C14H27ClN2O. The summed E-state index contributed by atoms with van der Waals surface area (Å²) in [5.41, 5.74) is 0. The summed E-state index contributed by atoms with van der Waals surface area (Å²) in [6, 6.07) is 1.40. The summed E-state index contributed by atoms with van der Waals surface area (Å²) in [4.78, 5) is 14.0. The van der Waals surface area contributed by atoms with Crippen LogP contribution in [0.25, 0.3) is 0 Å². The van der Waals surface area contributed by atoms with Crippen LogP contribution in [0.2, 0.25) is 0 Å². The van der Waals surface area contributed by atoms with Crippen LogP contribution < -0.4 is 5.32 Å². The molecule has 2 heterocycles. The second-order valence-corrected chi connectivity index (χ2v) is 5.85. The summed E-state index contributed by atoms with van der Waals surface area (Å²) in [7, 11) is 1.95. The Hall–Kier alpha value is -0.280. The lowest BCUT2D eigenvalue weighted by Crippen LogP contribution is -2.40. The van der Waals surface area contributed by atoms with Crippen molar-refractivity contribution in [3.05, 3.63) is 0 Å². The van der Waals surface area contributed by atoms with Gasteiger partial charge in [0.1, 0.15) is 0 Å². The Balaban J connectivity index is 0.00000162. The Bertz CT molecular complexity index is 261. The van der Waals surface area contributed by atoms with Gasteiger partial charge in [0.15, 0.2) is 0 Å². The third kappa shape index (κ3) is 4.13. The summed E-state index contributed by atoms with van der Waals surface area (Å²) in [6.45, 7) is 3.09. The van der Waals surface area contributed by atoms with Crippen LogP contribution in [0.15, 0.2) is 0 Å². The molecule has 2 bridgehead atoms. The lowest BCUT2D eigenvalue weighted by Gasteiger charge is -2.29. The smallest absolute Gasteiger partial charge is 0.222 e. The van der Waals surface area contributed by atoms with E-state index in [1.807, 2.05) is 11.9 Å². The third-order valence-corrected chi connectivity index (χ3v) is 4.31. The van der Waals surface area contributed by atoms with Crippen molar-refractivity contribution in [1.82, 2.24) is 10.2 Å². The molecule has 2 unspecified atom stereocenters. The molecular weight excluding hydrogens is 248 g/mol. The zero-order valence-electron chi connectivity index (χ0n) is 11.7. The summed E-state index contributed by atoms with van der Waals surface area (Å²) in [5, 5.41) is 3.63. The minimum atomic E-state index is 0. The van der Waals surface area contributed by atoms with Crippen molar-refractivity contribution in [1.29, 1.82) is 0 Å². The molecule has 3 nitrogen and oxygen atoms in total. The number of halogens is 1. The molecule has 0 aromatic rings. The van der Waals surface area contributed by atoms with Crippen LogP contribution in [-0.4, -0.2) is 36.5 Å². The molecule has 106 valence electrons. The molecule has 2 rings (SSSR count). The Morgan fingerprint density at radius 1 is 1.28 bits per heavy atom. The normalized spacial score (nSPS) is 29.8. The van der Waals surface area contributed by atoms with E-state index in [0.717, 1.165) is 25.8 Å². The first-order valence-electron chi connectivity index (χ1n) is 7.19. The number of piperidine rings is 1. The van der Waals surface area contributed by atoms with Gasteiger partial charge >= 0.3 is 0 Å². The summed E-state index contributed by atoms with van der Waals surface area (Å²) >= 11 is 0. The minimum Gasteiger partial charge on any atom is -0.346 e.